The van der Waals surface area contributed by atoms with Gasteiger partial charge in [-0.3, -0.25) is 0 Å². The molecular formula is C34H56O3. The summed E-state index contributed by atoms with van der Waals surface area (Å²) in [6, 6.07) is 8.95. The third-order valence-corrected chi connectivity index (χ3v) is 9.85. The molecule has 0 spiro atoms. The van der Waals surface area contributed by atoms with E-state index in [1.807, 2.05) is 0 Å². The van der Waals surface area contributed by atoms with Crippen LogP contribution in [0, 0.1) is 40.9 Å². The van der Waals surface area contributed by atoms with Gasteiger partial charge in [-0.15, -0.1) is 0 Å². The smallest absolute Gasteiger partial charge is 0.200 e. The molecule has 3 nitrogen and oxygen atoms in total. The molecule has 2 bridgehead atoms. The van der Waals surface area contributed by atoms with Gasteiger partial charge < -0.3 is 14.6 Å². The van der Waals surface area contributed by atoms with Crippen LogP contribution in [0.4, 0.5) is 0 Å². The van der Waals surface area contributed by atoms with E-state index in [0.29, 0.717) is 30.3 Å². The largest absolute Gasteiger partial charge is 0.465 e. The molecule has 0 aliphatic heterocycles. The monoisotopic (exact) mass is 512 g/mol. The highest BCUT2D eigenvalue weighted by Gasteiger charge is 2.42. The number of ether oxygens (including phenoxy) is 2. The quantitative estimate of drug-likeness (QED) is 0.301. The van der Waals surface area contributed by atoms with E-state index in [1.54, 1.807) is 0 Å². The summed E-state index contributed by atoms with van der Waals surface area (Å²) in [4.78, 5) is 0. The second-order valence-corrected chi connectivity index (χ2v) is 14.5. The fourth-order valence-electron chi connectivity index (χ4n) is 8.10. The van der Waals surface area contributed by atoms with Crippen LogP contribution in [0.3, 0.4) is 0 Å². The zero-order valence-corrected chi connectivity index (χ0v) is 24.8. The number of rotatable bonds is 11. The van der Waals surface area contributed by atoms with E-state index in [0.717, 1.165) is 55.6 Å². The molecule has 4 aliphatic carbocycles. The Morgan fingerprint density at radius 1 is 0.919 bits per heavy atom. The van der Waals surface area contributed by atoms with Crippen LogP contribution in [0.15, 0.2) is 24.3 Å². The van der Waals surface area contributed by atoms with Crippen LogP contribution < -0.4 is 4.74 Å². The minimum absolute atomic E-state index is 0.203. The van der Waals surface area contributed by atoms with Gasteiger partial charge in [0.25, 0.3) is 0 Å². The van der Waals surface area contributed by atoms with Crippen LogP contribution in [0.5, 0.6) is 5.75 Å². The number of aliphatic hydroxyl groups is 1. The molecule has 0 heterocycles. The molecule has 0 amide bonds. The van der Waals surface area contributed by atoms with Gasteiger partial charge in [0.2, 0.25) is 6.29 Å². The van der Waals surface area contributed by atoms with Crippen molar-refractivity contribution in [1.29, 1.82) is 0 Å². The second kappa shape index (κ2) is 12.9. The molecule has 0 saturated heterocycles. The molecule has 1 aromatic carbocycles. The van der Waals surface area contributed by atoms with Crippen LogP contribution >= 0.6 is 0 Å². The Morgan fingerprint density at radius 2 is 1.59 bits per heavy atom. The molecule has 0 radical (unpaired) electrons. The molecule has 4 aliphatic rings. The van der Waals surface area contributed by atoms with Gasteiger partial charge in [-0.1, -0.05) is 53.7 Å². The molecule has 37 heavy (non-hydrogen) atoms. The predicted octanol–water partition coefficient (Wildman–Crippen LogP) is 8.99. The molecule has 4 atom stereocenters. The fourth-order valence-corrected chi connectivity index (χ4v) is 8.10. The summed E-state index contributed by atoms with van der Waals surface area (Å²) >= 11 is 0. The van der Waals surface area contributed by atoms with E-state index in [2.05, 4.69) is 65.8 Å². The number of aliphatic hydroxyl groups excluding tert-OH is 1. The summed E-state index contributed by atoms with van der Waals surface area (Å²) in [5, 5.41) is 9.59. The van der Waals surface area contributed by atoms with Crippen molar-refractivity contribution in [3.05, 3.63) is 29.8 Å². The lowest BCUT2D eigenvalue weighted by Crippen LogP contribution is -2.40. The van der Waals surface area contributed by atoms with Crippen molar-refractivity contribution in [1.82, 2.24) is 0 Å². The molecule has 4 fully saturated rings. The Balaban J connectivity index is 1.47. The number of hydrogen-bond donors (Lipinski definition) is 1. The second-order valence-electron chi connectivity index (χ2n) is 14.5. The molecular weight excluding hydrogens is 456 g/mol. The minimum Gasteiger partial charge on any atom is -0.465 e. The Bertz CT molecular complexity index is 799. The number of benzene rings is 1. The molecule has 4 saturated carbocycles. The average Bonchev–Trinajstić information content (AvgIpc) is 2.80. The van der Waals surface area contributed by atoms with Crippen LogP contribution in [0.2, 0.25) is 0 Å². The summed E-state index contributed by atoms with van der Waals surface area (Å²) in [7, 11) is 0. The van der Waals surface area contributed by atoms with Gasteiger partial charge in [-0.2, -0.15) is 0 Å². The number of fused-ring (bicyclic) bond motifs is 4. The van der Waals surface area contributed by atoms with Gasteiger partial charge in [0.15, 0.2) is 0 Å². The van der Waals surface area contributed by atoms with E-state index < -0.39 is 0 Å². The molecule has 210 valence electrons. The Kier molecular flexibility index (Phi) is 10.1. The maximum atomic E-state index is 9.59. The highest BCUT2D eigenvalue weighted by molar-refractivity contribution is 5.30. The van der Waals surface area contributed by atoms with Crippen LogP contribution in [-0.2, 0) is 4.74 Å². The standard InChI is InChI=1S/C34H56O3/c1-23(2)15-32(24(3)4)29-9-13-31(14-10-29)37-33(36-30-11-7-26(22-35)8-12-30)21-34(6)19-25(5)16-27-17-28(18-27)20-34/h9-10,13-14,23-28,30,32-33,35H,7-8,11-12,15-22H2,1-6H3. The summed E-state index contributed by atoms with van der Waals surface area (Å²) in [5.74, 6) is 5.97. The molecule has 4 unspecified atom stereocenters. The van der Waals surface area contributed by atoms with Crippen molar-refractivity contribution in [3.8, 4) is 5.75 Å². The van der Waals surface area contributed by atoms with E-state index in [-0.39, 0.29) is 17.8 Å². The summed E-state index contributed by atoms with van der Waals surface area (Å²) in [6.45, 7) is 14.6. The maximum Gasteiger partial charge on any atom is 0.200 e. The molecule has 3 heteroatoms. The summed E-state index contributed by atoms with van der Waals surface area (Å²) < 4.78 is 13.5. The van der Waals surface area contributed by atoms with Crippen LogP contribution in [0.25, 0.3) is 0 Å². The SMILES string of the molecule is CC(C)CC(c1ccc(OC(CC2(C)CC(C)CC3CC(C3)C2)OC2CCC(CO)CC2)cc1)C(C)C. The van der Waals surface area contributed by atoms with E-state index >= 15 is 0 Å². The van der Waals surface area contributed by atoms with Gasteiger partial charge in [0.1, 0.15) is 5.75 Å². The lowest BCUT2D eigenvalue weighted by atomic mass is 9.59. The van der Waals surface area contributed by atoms with Gasteiger partial charge in [-0.25, -0.2) is 0 Å². The first kappa shape index (κ1) is 28.9. The Hall–Kier alpha value is -1.06. The van der Waals surface area contributed by atoms with Gasteiger partial charge in [0, 0.05) is 13.0 Å². The van der Waals surface area contributed by atoms with Gasteiger partial charge >= 0.3 is 0 Å². The lowest BCUT2D eigenvalue weighted by Gasteiger charge is -2.48. The van der Waals surface area contributed by atoms with Crippen molar-refractivity contribution < 1.29 is 14.6 Å². The van der Waals surface area contributed by atoms with Crippen molar-refractivity contribution in [2.75, 3.05) is 6.61 Å². The minimum atomic E-state index is -0.203. The van der Waals surface area contributed by atoms with Crippen molar-refractivity contribution in [2.45, 2.75) is 130 Å². The van der Waals surface area contributed by atoms with Crippen LogP contribution in [0.1, 0.15) is 124 Å². The van der Waals surface area contributed by atoms with Gasteiger partial charge in [-0.05, 0) is 129 Å². The molecule has 1 aromatic rings. The van der Waals surface area contributed by atoms with Crippen LogP contribution in [-0.4, -0.2) is 24.1 Å². The Labute approximate surface area is 228 Å². The first-order valence-corrected chi connectivity index (χ1v) is 15.7. The fraction of sp³-hybridized carbons (Fsp3) is 0.824. The third-order valence-electron chi connectivity index (χ3n) is 9.85. The first-order valence-electron chi connectivity index (χ1n) is 15.7. The number of hydrogen-bond acceptors (Lipinski definition) is 3. The Morgan fingerprint density at radius 3 is 2.19 bits per heavy atom. The highest BCUT2D eigenvalue weighted by Crippen LogP contribution is 2.52. The van der Waals surface area contributed by atoms with E-state index in [9.17, 15) is 5.11 Å². The normalized spacial score (nSPS) is 33.9. The van der Waals surface area contributed by atoms with E-state index in [1.165, 1.54) is 44.1 Å². The van der Waals surface area contributed by atoms with E-state index in [4.69, 9.17) is 9.47 Å². The third kappa shape index (κ3) is 8.21. The maximum absolute atomic E-state index is 9.59. The summed E-state index contributed by atoms with van der Waals surface area (Å²) in [5.41, 5.74) is 1.69. The molecule has 0 aromatic heterocycles. The van der Waals surface area contributed by atoms with Gasteiger partial charge in [0.05, 0.1) is 6.10 Å². The molecule has 1 N–H and O–H groups in total. The van der Waals surface area contributed by atoms with Crippen molar-refractivity contribution >= 4 is 0 Å². The first-order chi connectivity index (χ1) is 17.6. The lowest BCUT2D eigenvalue weighted by molar-refractivity contribution is -0.154. The molecule has 5 rings (SSSR count). The van der Waals surface area contributed by atoms with Crippen molar-refractivity contribution in [2.24, 2.45) is 40.9 Å². The zero-order valence-electron chi connectivity index (χ0n) is 24.8. The summed E-state index contributed by atoms with van der Waals surface area (Å²) in [6.07, 6.45) is 13.3. The predicted molar refractivity (Wildman–Crippen MR) is 154 cm³/mol. The van der Waals surface area contributed by atoms with Crippen molar-refractivity contribution in [3.63, 3.8) is 0 Å². The zero-order chi connectivity index (χ0) is 26.6. The topological polar surface area (TPSA) is 38.7 Å². The highest BCUT2D eigenvalue weighted by atomic mass is 16.7. The average molecular weight is 513 g/mol.